The van der Waals surface area contributed by atoms with Crippen molar-refractivity contribution < 1.29 is 9.59 Å². The van der Waals surface area contributed by atoms with Crippen molar-refractivity contribution in [3.63, 3.8) is 0 Å². The number of anilines is 1. The molecule has 2 heterocycles. The Labute approximate surface area is 168 Å². The number of hydrogen-bond donors (Lipinski definition) is 0. The molecule has 1 fully saturated rings. The van der Waals surface area contributed by atoms with Gasteiger partial charge in [0.05, 0.1) is 10.2 Å². The number of piperazine rings is 1. The van der Waals surface area contributed by atoms with Crippen molar-refractivity contribution in [3.05, 3.63) is 58.7 Å². The van der Waals surface area contributed by atoms with E-state index < -0.39 is 0 Å². The number of nitrogens with zero attached hydrogens (tertiary/aromatic N) is 3. The Morgan fingerprint density at radius 2 is 1.50 bits per heavy atom. The Kier molecular flexibility index (Phi) is 4.89. The second-order valence-corrected chi connectivity index (χ2v) is 8.26. The van der Waals surface area contributed by atoms with Gasteiger partial charge >= 0.3 is 0 Å². The van der Waals surface area contributed by atoms with E-state index in [9.17, 15) is 9.59 Å². The van der Waals surface area contributed by atoms with Crippen molar-refractivity contribution >= 4 is 38.4 Å². The van der Waals surface area contributed by atoms with Gasteiger partial charge in [0.15, 0.2) is 10.9 Å². The largest absolute Gasteiger partial charge is 0.345 e. The van der Waals surface area contributed by atoms with Gasteiger partial charge in [0.25, 0.3) is 5.91 Å². The van der Waals surface area contributed by atoms with Crippen molar-refractivity contribution in [2.45, 2.75) is 20.8 Å². The zero-order valence-corrected chi connectivity index (χ0v) is 17.2. The third-order valence-electron chi connectivity index (χ3n) is 5.31. The van der Waals surface area contributed by atoms with Crippen molar-refractivity contribution in [3.8, 4) is 0 Å². The van der Waals surface area contributed by atoms with Gasteiger partial charge in [-0.2, -0.15) is 0 Å². The number of aryl methyl sites for hydroxylation is 2. The number of rotatable bonds is 3. The third-order valence-corrected chi connectivity index (χ3v) is 6.56. The molecule has 0 spiro atoms. The first-order valence-electron chi connectivity index (χ1n) is 9.46. The number of carbonyl (C=O) groups is 2. The second-order valence-electron chi connectivity index (χ2n) is 7.29. The van der Waals surface area contributed by atoms with E-state index >= 15 is 0 Å². The van der Waals surface area contributed by atoms with E-state index in [4.69, 9.17) is 4.98 Å². The molecule has 3 aromatic rings. The molecule has 0 N–H and O–H groups in total. The Bertz CT molecular complexity index is 1010. The standard InChI is InChI=1S/C22H23N3O2S/c1-14-4-5-15(2)20-19(14)23-22(28-20)25-12-10-24(11-13-25)21(27)18-8-6-17(7-9-18)16(3)26/h4-9H,10-13H2,1-3H3. The van der Waals surface area contributed by atoms with Crippen LogP contribution in [0.4, 0.5) is 5.13 Å². The number of ketones is 1. The summed E-state index contributed by atoms with van der Waals surface area (Å²) in [4.78, 5) is 33.2. The van der Waals surface area contributed by atoms with Crippen LogP contribution in [0.5, 0.6) is 0 Å². The number of fused-ring (bicyclic) bond motifs is 1. The van der Waals surface area contributed by atoms with Crippen LogP contribution in [0, 0.1) is 13.8 Å². The lowest BCUT2D eigenvalue weighted by Crippen LogP contribution is -2.48. The summed E-state index contributed by atoms with van der Waals surface area (Å²) < 4.78 is 1.25. The molecule has 28 heavy (non-hydrogen) atoms. The average molecular weight is 394 g/mol. The minimum Gasteiger partial charge on any atom is -0.345 e. The topological polar surface area (TPSA) is 53.5 Å². The molecule has 1 aromatic heterocycles. The third kappa shape index (κ3) is 3.40. The van der Waals surface area contributed by atoms with Crippen LogP contribution in [0.15, 0.2) is 36.4 Å². The van der Waals surface area contributed by atoms with Crippen molar-refractivity contribution in [2.75, 3.05) is 31.1 Å². The molecule has 2 aromatic carbocycles. The van der Waals surface area contributed by atoms with E-state index in [0.717, 1.165) is 23.7 Å². The quantitative estimate of drug-likeness (QED) is 0.629. The zero-order valence-electron chi connectivity index (χ0n) is 16.4. The maximum atomic E-state index is 12.8. The highest BCUT2D eigenvalue weighted by Gasteiger charge is 2.24. The molecule has 5 nitrogen and oxygen atoms in total. The molecule has 6 heteroatoms. The van der Waals surface area contributed by atoms with Crippen LogP contribution >= 0.6 is 11.3 Å². The Morgan fingerprint density at radius 1 is 0.893 bits per heavy atom. The van der Waals surface area contributed by atoms with E-state index in [0.29, 0.717) is 24.2 Å². The molecule has 0 saturated carbocycles. The van der Waals surface area contributed by atoms with Crippen LogP contribution in [0.1, 0.15) is 38.8 Å². The Balaban J connectivity index is 1.46. The van der Waals surface area contributed by atoms with Crippen LogP contribution in [-0.2, 0) is 0 Å². The van der Waals surface area contributed by atoms with Gasteiger partial charge in [-0.3, -0.25) is 9.59 Å². The molecular formula is C22H23N3O2S. The minimum atomic E-state index is 0.00826. The van der Waals surface area contributed by atoms with Gasteiger partial charge in [-0.25, -0.2) is 4.98 Å². The molecule has 1 amide bonds. The highest BCUT2D eigenvalue weighted by atomic mass is 32.1. The van der Waals surface area contributed by atoms with Gasteiger partial charge in [-0.15, -0.1) is 0 Å². The monoisotopic (exact) mass is 393 g/mol. The lowest BCUT2D eigenvalue weighted by Gasteiger charge is -2.34. The molecular weight excluding hydrogens is 370 g/mol. The highest BCUT2D eigenvalue weighted by Crippen LogP contribution is 2.33. The smallest absolute Gasteiger partial charge is 0.253 e. The van der Waals surface area contributed by atoms with E-state index in [1.807, 2.05) is 4.90 Å². The van der Waals surface area contributed by atoms with Crippen molar-refractivity contribution in [2.24, 2.45) is 0 Å². The molecule has 0 unspecified atom stereocenters. The predicted molar refractivity (Wildman–Crippen MR) is 114 cm³/mol. The van der Waals surface area contributed by atoms with E-state index in [1.54, 1.807) is 35.6 Å². The van der Waals surface area contributed by atoms with Crippen molar-refractivity contribution in [1.82, 2.24) is 9.88 Å². The summed E-state index contributed by atoms with van der Waals surface area (Å²) in [5.74, 6) is 0.0275. The van der Waals surface area contributed by atoms with Crippen LogP contribution in [0.25, 0.3) is 10.2 Å². The van der Waals surface area contributed by atoms with Crippen molar-refractivity contribution in [1.29, 1.82) is 0 Å². The van der Waals surface area contributed by atoms with Gasteiger partial charge in [0, 0.05) is 37.3 Å². The molecule has 4 rings (SSSR count). The molecule has 0 atom stereocenters. The van der Waals surface area contributed by atoms with Gasteiger partial charge in [0.2, 0.25) is 0 Å². The lowest BCUT2D eigenvalue weighted by molar-refractivity contribution is 0.0746. The van der Waals surface area contributed by atoms with Gasteiger partial charge < -0.3 is 9.80 Å². The average Bonchev–Trinajstić information content (AvgIpc) is 3.17. The van der Waals surface area contributed by atoms with E-state index in [-0.39, 0.29) is 11.7 Å². The maximum Gasteiger partial charge on any atom is 0.253 e. The molecule has 1 saturated heterocycles. The fourth-order valence-corrected chi connectivity index (χ4v) is 4.68. The predicted octanol–water partition coefficient (Wildman–Crippen LogP) is 4.08. The van der Waals surface area contributed by atoms with Crippen LogP contribution in [0.2, 0.25) is 0 Å². The number of amides is 1. The van der Waals surface area contributed by atoms with Crippen LogP contribution < -0.4 is 4.90 Å². The first kappa shape index (κ1) is 18.6. The van der Waals surface area contributed by atoms with Gasteiger partial charge in [-0.1, -0.05) is 35.6 Å². The summed E-state index contributed by atoms with van der Waals surface area (Å²) >= 11 is 1.73. The maximum absolute atomic E-state index is 12.8. The summed E-state index contributed by atoms with van der Waals surface area (Å²) in [7, 11) is 0. The lowest BCUT2D eigenvalue weighted by atomic mass is 10.1. The number of carbonyl (C=O) groups excluding carboxylic acids is 2. The summed E-state index contributed by atoms with van der Waals surface area (Å²) in [6.07, 6.45) is 0. The van der Waals surface area contributed by atoms with Gasteiger partial charge in [0.1, 0.15) is 0 Å². The number of thiazole rings is 1. The first-order valence-corrected chi connectivity index (χ1v) is 10.3. The summed E-state index contributed by atoms with van der Waals surface area (Å²) in [5.41, 5.74) is 4.80. The SMILES string of the molecule is CC(=O)c1ccc(C(=O)N2CCN(c3nc4c(C)ccc(C)c4s3)CC2)cc1. The first-order chi connectivity index (χ1) is 13.4. The normalized spacial score (nSPS) is 14.5. The molecule has 1 aliphatic rings. The van der Waals surface area contributed by atoms with E-state index in [1.165, 1.54) is 22.8 Å². The number of benzene rings is 2. The summed E-state index contributed by atoms with van der Waals surface area (Å²) in [6, 6.07) is 11.2. The molecule has 0 aliphatic carbocycles. The summed E-state index contributed by atoms with van der Waals surface area (Å²) in [6.45, 7) is 8.63. The summed E-state index contributed by atoms with van der Waals surface area (Å²) in [5, 5.41) is 1.03. The molecule has 144 valence electrons. The highest BCUT2D eigenvalue weighted by molar-refractivity contribution is 7.22. The van der Waals surface area contributed by atoms with Crippen LogP contribution in [0.3, 0.4) is 0 Å². The minimum absolute atomic E-state index is 0.00826. The fourth-order valence-electron chi connectivity index (χ4n) is 3.51. The number of aromatic nitrogens is 1. The zero-order chi connectivity index (χ0) is 19.8. The molecule has 1 aliphatic heterocycles. The van der Waals surface area contributed by atoms with Gasteiger partial charge in [-0.05, 0) is 44.0 Å². The van der Waals surface area contributed by atoms with Crippen LogP contribution in [-0.4, -0.2) is 47.8 Å². The Hall–Kier alpha value is -2.73. The number of hydrogen-bond acceptors (Lipinski definition) is 5. The molecule has 0 radical (unpaired) electrons. The van der Waals surface area contributed by atoms with E-state index in [2.05, 4.69) is 30.9 Å². The second kappa shape index (κ2) is 7.36. The molecule has 0 bridgehead atoms. The fraction of sp³-hybridized carbons (Fsp3) is 0.318. The number of Topliss-reactive ketones (excluding diaryl/α,β-unsaturated/α-hetero) is 1. The Morgan fingerprint density at radius 3 is 2.11 bits per heavy atom.